The number of rotatable bonds is 3. The van der Waals surface area contributed by atoms with Crippen LogP contribution in [0.5, 0.6) is 0 Å². The van der Waals surface area contributed by atoms with Crippen LogP contribution in [0.25, 0.3) is 0 Å². The number of hydrogen-bond donors (Lipinski definition) is 1. The van der Waals surface area contributed by atoms with Gasteiger partial charge in [0.2, 0.25) is 0 Å². The zero-order valence-corrected chi connectivity index (χ0v) is 12.9. The molecule has 0 saturated heterocycles. The Morgan fingerprint density at radius 3 is 2.82 bits per heavy atom. The molecule has 0 amide bonds. The summed E-state index contributed by atoms with van der Waals surface area (Å²) in [6.07, 6.45) is 0. The molecule has 2 rings (SSSR count). The van der Waals surface area contributed by atoms with Gasteiger partial charge in [-0.3, -0.25) is 0 Å². The van der Waals surface area contributed by atoms with Crippen molar-refractivity contribution in [2.24, 2.45) is 0 Å². The average Bonchev–Trinajstić information content (AvgIpc) is 2.60. The minimum atomic E-state index is 0.822. The molecule has 1 aromatic heterocycles. The SMILES string of the molecule is Cc1nc(CSc2cc(Br)ccc2N)sc1C. The molecule has 0 atom stereocenters. The second-order valence-corrected chi connectivity index (χ2v) is 6.94. The Kier molecular flexibility index (Phi) is 4.12. The maximum atomic E-state index is 5.93. The van der Waals surface area contributed by atoms with Crippen LogP contribution in [0.15, 0.2) is 27.6 Å². The third-order valence-corrected chi connectivity index (χ3v) is 5.23. The average molecular weight is 329 g/mol. The van der Waals surface area contributed by atoms with Gasteiger partial charge >= 0.3 is 0 Å². The van der Waals surface area contributed by atoms with Crippen LogP contribution in [0.4, 0.5) is 5.69 Å². The van der Waals surface area contributed by atoms with Gasteiger partial charge in [0.1, 0.15) is 5.01 Å². The number of benzene rings is 1. The molecule has 0 radical (unpaired) electrons. The van der Waals surface area contributed by atoms with Crippen molar-refractivity contribution in [1.29, 1.82) is 0 Å². The number of nitrogens with zero attached hydrogens (tertiary/aromatic N) is 1. The van der Waals surface area contributed by atoms with Crippen molar-refractivity contribution in [3.63, 3.8) is 0 Å². The second kappa shape index (κ2) is 5.42. The van der Waals surface area contributed by atoms with Crippen LogP contribution in [0.2, 0.25) is 0 Å². The first kappa shape index (κ1) is 12.9. The van der Waals surface area contributed by atoms with Gasteiger partial charge in [-0.2, -0.15) is 0 Å². The van der Waals surface area contributed by atoms with Gasteiger partial charge < -0.3 is 5.73 Å². The van der Waals surface area contributed by atoms with E-state index in [-0.39, 0.29) is 0 Å². The summed E-state index contributed by atoms with van der Waals surface area (Å²) in [5, 5.41) is 1.16. The summed E-state index contributed by atoms with van der Waals surface area (Å²) in [6, 6.07) is 5.93. The maximum absolute atomic E-state index is 5.93. The molecule has 2 N–H and O–H groups in total. The molecule has 0 fully saturated rings. The van der Waals surface area contributed by atoms with E-state index in [1.807, 2.05) is 25.1 Å². The summed E-state index contributed by atoms with van der Waals surface area (Å²) >= 11 is 6.94. The molecule has 1 heterocycles. The van der Waals surface area contributed by atoms with E-state index < -0.39 is 0 Å². The number of thioether (sulfide) groups is 1. The highest BCUT2D eigenvalue weighted by molar-refractivity contribution is 9.10. The van der Waals surface area contributed by atoms with Crippen molar-refractivity contribution in [2.75, 3.05) is 5.73 Å². The van der Waals surface area contributed by atoms with Crippen LogP contribution in [0, 0.1) is 13.8 Å². The van der Waals surface area contributed by atoms with Crippen molar-refractivity contribution in [2.45, 2.75) is 24.5 Å². The largest absolute Gasteiger partial charge is 0.398 e. The molecule has 1 aromatic carbocycles. The van der Waals surface area contributed by atoms with Gasteiger partial charge in [-0.05, 0) is 32.0 Å². The van der Waals surface area contributed by atoms with E-state index in [2.05, 4.69) is 27.8 Å². The lowest BCUT2D eigenvalue weighted by Gasteiger charge is -2.04. The molecule has 0 unspecified atom stereocenters. The monoisotopic (exact) mass is 328 g/mol. The standard InChI is InChI=1S/C12H13BrN2S2/c1-7-8(2)17-12(15-7)6-16-11-5-9(13)3-4-10(11)14/h3-5H,6,14H2,1-2H3. The van der Waals surface area contributed by atoms with E-state index in [1.54, 1.807) is 23.1 Å². The Hall–Kier alpha value is -0.520. The van der Waals surface area contributed by atoms with Crippen LogP contribution < -0.4 is 5.73 Å². The molecular weight excluding hydrogens is 316 g/mol. The van der Waals surface area contributed by atoms with E-state index in [4.69, 9.17) is 5.73 Å². The number of halogens is 1. The Bertz CT molecular complexity index is 518. The summed E-state index contributed by atoms with van der Waals surface area (Å²) < 4.78 is 1.06. The van der Waals surface area contributed by atoms with Crippen molar-refractivity contribution in [3.8, 4) is 0 Å². The summed E-state index contributed by atoms with van der Waals surface area (Å²) in [6.45, 7) is 4.15. The minimum Gasteiger partial charge on any atom is -0.398 e. The lowest BCUT2D eigenvalue weighted by molar-refractivity contribution is 1.16. The quantitative estimate of drug-likeness (QED) is 0.670. The lowest BCUT2D eigenvalue weighted by atomic mass is 10.3. The minimum absolute atomic E-state index is 0.822. The van der Waals surface area contributed by atoms with Gasteiger partial charge in [0.25, 0.3) is 0 Å². The van der Waals surface area contributed by atoms with Gasteiger partial charge in [-0.15, -0.1) is 23.1 Å². The van der Waals surface area contributed by atoms with Gasteiger partial charge in [0.05, 0.1) is 11.4 Å². The van der Waals surface area contributed by atoms with Crippen LogP contribution in [0.1, 0.15) is 15.6 Å². The Morgan fingerprint density at radius 2 is 2.18 bits per heavy atom. The summed E-state index contributed by atoms with van der Waals surface area (Å²) in [5.41, 5.74) is 7.88. The lowest BCUT2D eigenvalue weighted by Crippen LogP contribution is -1.88. The predicted octanol–water partition coefficient (Wildman–Crippen LogP) is 4.40. The van der Waals surface area contributed by atoms with Crippen LogP contribution in [0.3, 0.4) is 0 Å². The first-order chi connectivity index (χ1) is 8.06. The van der Waals surface area contributed by atoms with Crippen LogP contribution >= 0.6 is 39.0 Å². The molecule has 0 spiro atoms. The first-order valence-electron chi connectivity index (χ1n) is 5.17. The molecule has 17 heavy (non-hydrogen) atoms. The summed E-state index contributed by atoms with van der Waals surface area (Å²) in [5.74, 6) is 0.875. The highest BCUT2D eigenvalue weighted by Crippen LogP contribution is 2.32. The van der Waals surface area contributed by atoms with Crippen molar-refractivity contribution >= 4 is 44.7 Å². The highest BCUT2D eigenvalue weighted by atomic mass is 79.9. The molecule has 0 aliphatic heterocycles. The molecular formula is C12H13BrN2S2. The van der Waals surface area contributed by atoms with E-state index >= 15 is 0 Å². The van der Waals surface area contributed by atoms with Gasteiger partial charge in [-0.1, -0.05) is 15.9 Å². The number of nitrogen functional groups attached to an aromatic ring is 1. The fourth-order valence-corrected chi connectivity index (χ4v) is 3.82. The third-order valence-electron chi connectivity index (χ3n) is 2.40. The van der Waals surface area contributed by atoms with Gasteiger partial charge in [0, 0.05) is 19.9 Å². The number of nitrogens with two attached hydrogens (primary N) is 1. The smallest absolute Gasteiger partial charge is 0.103 e. The normalized spacial score (nSPS) is 10.8. The second-order valence-electron chi connectivity index (χ2n) is 3.72. The zero-order valence-electron chi connectivity index (χ0n) is 9.66. The Labute approximate surface area is 118 Å². The fraction of sp³-hybridized carbons (Fsp3) is 0.250. The molecule has 0 aliphatic carbocycles. The van der Waals surface area contributed by atoms with Gasteiger partial charge in [-0.25, -0.2) is 4.98 Å². The summed E-state index contributed by atoms with van der Waals surface area (Å²) in [7, 11) is 0. The molecule has 2 nitrogen and oxygen atoms in total. The Balaban J connectivity index is 2.09. The number of aromatic nitrogens is 1. The topological polar surface area (TPSA) is 38.9 Å². The van der Waals surface area contributed by atoms with Crippen molar-refractivity contribution < 1.29 is 0 Å². The number of hydrogen-bond acceptors (Lipinski definition) is 4. The molecule has 0 aliphatic rings. The molecule has 0 bridgehead atoms. The van der Waals surface area contributed by atoms with E-state index in [0.717, 1.165) is 31.5 Å². The molecule has 0 saturated carbocycles. The highest BCUT2D eigenvalue weighted by Gasteiger charge is 2.06. The fourth-order valence-electron chi connectivity index (χ4n) is 1.37. The number of anilines is 1. The molecule has 5 heteroatoms. The Morgan fingerprint density at radius 1 is 1.41 bits per heavy atom. The molecule has 90 valence electrons. The first-order valence-corrected chi connectivity index (χ1v) is 7.76. The number of aryl methyl sites for hydroxylation is 2. The number of thiazole rings is 1. The van der Waals surface area contributed by atoms with Gasteiger partial charge in [0.15, 0.2) is 0 Å². The molecule has 2 aromatic rings. The van der Waals surface area contributed by atoms with E-state index in [1.165, 1.54) is 4.88 Å². The maximum Gasteiger partial charge on any atom is 0.103 e. The van der Waals surface area contributed by atoms with Crippen LogP contribution in [-0.4, -0.2) is 4.98 Å². The van der Waals surface area contributed by atoms with E-state index in [9.17, 15) is 0 Å². The zero-order chi connectivity index (χ0) is 12.4. The summed E-state index contributed by atoms with van der Waals surface area (Å²) in [4.78, 5) is 6.92. The van der Waals surface area contributed by atoms with Crippen molar-refractivity contribution in [1.82, 2.24) is 4.98 Å². The van der Waals surface area contributed by atoms with Crippen LogP contribution in [-0.2, 0) is 5.75 Å². The van der Waals surface area contributed by atoms with E-state index in [0.29, 0.717) is 0 Å². The third kappa shape index (κ3) is 3.24. The van der Waals surface area contributed by atoms with Crippen molar-refractivity contribution in [3.05, 3.63) is 38.3 Å². The predicted molar refractivity (Wildman–Crippen MR) is 79.7 cm³/mol.